The summed E-state index contributed by atoms with van der Waals surface area (Å²) in [7, 11) is 0. The molecule has 0 N–H and O–H groups in total. The predicted octanol–water partition coefficient (Wildman–Crippen LogP) is 19.5. The van der Waals surface area contributed by atoms with Crippen molar-refractivity contribution in [3.63, 3.8) is 0 Å². The number of nitrogens with zero attached hydrogens (tertiary/aromatic N) is 5. The summed E-state index contributed by atoms with van der Waals surface area (Å²) in [6.45, 7) is 18.5. The number of hydrogen-bond donors (Lipinski definition) is 0. The number of fused-ring (bicyclic) bond motifs is 7. The largest absolute Gasteiger partial charge is 0.458 e. The summed E-state index contributed by atoms with van der Waals surface area (Å²) in [5.74, 6) is 2.25. The van der Waals surface area contributed by atoms with Crippen molar-refractivity contribution in [1.29, 1.82) is 0 Å². The van der Waals surface area contributed by atoms with E-state index in [4.69, 9.17) is 9.72 Å². The summed E-state index contributed by atoms with van der Waals surface area (Å²) in [5, 5.41) is 4.63. The molecule has 6 heteroatoms. The van der Waals surface area contributed by atoms with Crippen LogP contribution in [0.1, 0.15) is 77.6 Å². The van der Waals surface area contributed by atoms with Crippen LogP contribution in [-0.2, 0) is 22.7 Å². The minimum absolute atomic E-state index is 0.0596. The monoisotopic (exact) mass is 1090 g/mol. The molecule has 84 heavy (non-hydrogen) atoms. The first-order chi connectivity index (χ1) is 40.7. The van der Waals surface area contributed by atoms with E-state index >= 15 is 0 Å². The van der Waals surface area contributed by atoms with E-state index in [9.17, 15) is 0 Å². The average Bonchev–Trinajstić information content (AvgIpc) is 1.98. The second-order valence-electron chi connectivity index (χ2n) is 25.2. The quantitative estimate of drug-likeness (QED) is 0.0957. The zero-order valence-corrected chi connectivity index (χ0v) is 49.0. The van der Waals surface area contributed by atoms with Gasteiger partial charge in [-0.15, -0.1) is 0 Å². The van der Waals surface area contributed by atoms with Gasteiger partial charge in [-0.05, 0) is 116 Å². The van der Waals surface area contributed by atoms with Crippen LogP contribution in [-0.4, -0.2) is 18.7 Å². The van der Waals surface area contributed by atoms with Gasteiger partial charge in [0.05, 0.1) is 50.2 Å². The highest BCUT2D eigenvalue weighted by Gasteiger charge is 2.27. The molecule has 14 rings (SSSR count). The van der Waals surface area contributed by atoms with Crippen molar-refractivity contribution in [3.05, 3.63) is 277 Å². The molecule has 0 saturated carbocycles. The Morgan fingerprint density at radius 2 is 1.01 bits per heavy atom. The van der Waals surface area contributed by atoms with Crippen molar-refractivity contribution in [1.82, 2.24) is 18.7 Å². The first-order valence-electron chi connectivity index (χ1n) is 29.3. The standard InChI is InChI=1S/C78H67N5O/c1-76(2,3)56-44-54(45-57(46-56)77(4,5)6)62-35-24-34-61(53-25-11-9-12-26-53)75(62)81-51-80(69-39-21-22-40-70(69)81)58-29-23-30-59(47-58)84-60-48-71(82-66-36-18-15-31-63(66)64-32-16-19-37-67(64)82)74-65-33-17-20-38-68(65)83(72(74)49-60)73-43-52(41-42-79-73)50-78(7,8)55-27-13-10-14-28-55/h9-49H,50H2,1-8H3. The zero-order valence-electron chi connectivity index (χ0n) is 49.0. The van der Waals surface area contributed by atoms with Crippen LogP contribution in [0.15, 0.2) is 249 Å². The summed E-state index contributed by atoms with van der Waals surface area (Å²) in [6.07, 6.45) is 6.75. The van der Waals surface area contributed by atoms with Crippen LogP contribution < -0.4 is 9.30 Å². The number of hydrogen-bond acceptors (Lipinski definition) is 2. The smallest absolute Gasteiger partial charge is 0.269 e. The predicted molar refractivity (Wildman–Crippen MR) is 348 cm³/mol. The van der Waals surface area contributed by atoms with E-state index in [0.29, 0.717) is 11.5 Å². The Kier molecular flexibility index (Phi) is 12.6. The highest BCUT2D eigenvalue weighted by Crippen LogP contribution is 2.44. The van der Waals surface area contributed by atoms with Crippen molar-refractivity contribution < 1.29 is 9.30 Å². The second-order valence-corrected chi connectivity index (χ2v) is 25.2. The molecule has 0 bridgehead atoms. The lowest BCUT2D eigenvalue weighted by Crippen LogP contribution is -2.31. The lowest BCUT2D eigenvalue weighted by Gasteiger charge is -2.27. The molecule has 0 atom stereocenters. The molecular weight excluding hydrogens is 1020 g/mol. The van der Waals surface area contributed by atoms with Gasteiger partial charge in [-0.2, -0.15) is 0 Å². The maximum atomic E-state index is 7.29. The molecule has 0 aliphatic rings. The first kappa shape index (κ1) is 52.3. The molecule has 6 nitrogen and oxygen atoms in total. The summed E-state index contributed by atoms with van der Waals surface area (Å²) >= 11 is 0. The maximum Gasteiger partial charge on any atom is 0.269 e. The number of para-hydroxylation sites is 6. The molecule has 0 aliphatic carbocycles. The Morgan fingerprint density at radius 3 is 1.68 bits per heavy atom. The average molecular weight is 1090 g/mol. The fraction of sp³-hybridized carbons (Fsp3) is 0.154. The highest BCUT2D eigenvalue weighted by atomic mass is 16.5. The molecule has 4 heterocycles. The van der Waals surface area contributed by atoms with Gasteiger partial charge in [0.1, 0.15) is 17.3 Å². The van der Waals surface area contributed by atoms with Gasteiger partial charge in [0.25, 0.3) is 6.33 Å². The fourth-order valence-corrected chi connectivity index (χ4v) is 12.7. The van der Waals surface area contributed by atoms with Crippen LogP contribution in [0, 0.1) is 6.33 Å². The molecule has 4 aromatic heterocycles. The molecule has 410 valence electrons. The number of benzene rings is 10. The summed E-state index contributed by atoms with van der Waals surface area (Å²) in [6, 6.07) is 87.6. The Balaban J connectivity index is 0.947. The van der Waals surface area contributed by atoms with E-state index in [1.54, 1.807) is 0 Å². The molecule has 0 amide bonds. The molecular formula is C78H67N5O. The van der Waals surface area contributed by atoms with Crippen molar-refractivity contribution in [3.8, 4) is 56.6 Å². The first-order valence-corrected chi connectivity index (χ1v) is 29.3. The van der Waals surface area contributed by atoms with Gasteiger partial charge in [-0.1, -0.05) is 237 Å². The molecule has 14 aromatic rings. The zero-order chi connectivity index (χ0) is 57.5. The molecule has 0 spiro atoms. The summed E-state index contributed by atoms with van der Waals surface area (Å²) in [4.78, 5) is 5.16. The molecule has 10 aromatic carbocycles. The number of imidazole rings is 1. The van der Waals surface area contributed by atoms with Gasteiger partial charge < -0.3 is 9.30 Å². The van der Waals surface area contributed by atoms with Crippen LogP contribution in [0.3, 0.4) is 0 Å². The molecule has 0 radical (unpaired) electrons. The van der Waals surface area contributed by atoms with Gasteiger partial charge in [0.2, 0.25) is 0 Å². The number of ether oxygens (including phenoxy) is 1. The number of aromatic nitrogens is 5. The Bertz CT molecular complexity index is 4750. The third-order valence-corrected chi connectivity index (χ3v) is 17.0. The Hall–Kier alpha value is -9.78. The molecule has 0 saturated heterocycles. The van der Waals surface area contributed by atoms with Gasteiger partial charge >= 0.3 is 0 Å². The number of pyridine rings is 1. The van der Waals surface area contributed by atoms with E-state index < -0.39 is 0 Å². The van der Waals surface area contributed by atoms with Gasteiger partial charge in [0, 0.05) is 39.9 Å². The summed E-state index contributed by atoms with van der Waals surface area (Å²) in [5.41, 5.74) is 18.9. The molecule has 0 fully saturated rings. The van der Waals surface area contributed by atoms with Crippen LogP contribution in [0.25, 0.3) is 99.8 Å². The van der Waals surface area contributed by atoms with Gasteiger partial charge in [-0.25, -0.2) is 4.98 Å². The van der Waals surface area contributed by atoms with Gasteiger partial charge in [0.15, 0.2) is 0 Å². The second kappa shape index (κ2) is 20.3. The van der Waals surface area contributed by atoms with E-state index in [0.717, 1.165) is 89.9 Å². The SMILES string of the molecule is CC(C)(C)c1cc(-c2cccc(-c3ccccc3)c2-[n+]2[c-]n(-c3cccc(Oc4cc(-n5c6ccccc6c6ccccc65)c5c6ccccc6n(-c6cc(CC(C)(C)c7ccccc7)ccn6)c5c4)c3)c3ccccc32)cc(C(C)(C)C)c1. The Morgan fingerprint density at radius 1 is 0.440 bits per heavy atom. The van der Waals surface area contributed by atoms with E-state index in [1.165, 1.54) is 38.6 Å². The van der Waals surface area contributed by atoms with Crippen LogP contribution >= 0.6 is 0 Å². The Labute approximate surface area is 492 Å². The lowest BCUT2D eigenvalue weighted by atomic mass is 9.78. The minimum Gasteiger partial charge on any atom is -0.458 e. The van der Waals surface area contributed by atoms with Crippen molar-refractivity contribution in [2.45, 2.75) is 78.1 Å². The third-order valence-electron chi connectivity index (χ3n) is 17.0. The van der Waals surface area contributed by atoms with Gasteiger partial charge in [-0.3, -0.25) is 13.7 Å². The van der Waals surface area contributed by atoms with Crippen molar-refractivity contribution in [2.75, 3.05) is 0 Å². The third kappa shape index (κ3) is 9.23. The molecule has 0 unspecified atom stereocenters. The minimum atomic E-state index is -0.102. The van der Waals surface area contributed by atoms with E-state index in [2.05, 4.69) is 323 Å². The number of rotatable bonds is 11. The normalized spacial score (nSPS) is 12.3. The lowest BCUT2D eigenvalue weighted by molar-refractivity contribution is -0.571. The highest BCUT2D eigenvalue weighted by molar-refractivity contribution is 6.16. The van der Waals surface area contributed by atoms with Crippen molar-refractivity contribution in [2.24, 2.45) is 0 Å². The van der Waals surface area contributed by atoms with E-state index in [1.807, 2.05) is 6.20 Å². The van der Waals surface area contributed by atoms with Crippen LogP contribution in [0.4, 0.5) is 0 Å². The summed E-state index contributed by atoms with van der Waals surface area (Å²) < 4.78 is 16.5. The topological polar surface area (TPSA) is 40.8 Å². The fourth-order valence-electron chi connectivity index (χ4n) is 12.7. The molecule has 0 aliphatic heterocycles. The van der Waals surface area contributed by atoms with E-state index in [-0.39, 0.29) is 16.2 Å². The van der Waals surface area contributed by atoms with Crippen molar-refractivity contribution >= 4 is 54.6 Å². The van der Waals surface area contributed by atoms with Crippen LogP contribution in [0.2, 0.25) is 0 Å². The maximum absolute atomic E-state index is 7.29. The van der Waals surface area contributed by atoms with Crippen LogP contribution in [0.5, 0.6) is 11.5 Å².